The van der Waals surface area contributed by atoms with Crippen molar-refractivity contribution in [1.82, 2.24) is 0 Å². The Bertz CT molecular complexity index is 709. The highest BCUT2D eigenvalue weighted by molar-refractivity contribution is 7.92. The lowest BCUT2D eigenvalue weighted by atomic mass is 10.2. The van der Waals surface area contributed by atoms with E-state index < -0.39 is 10.0 Å². The van der Waals surface area contributed by atoms with Crippen LogP contribution in [0.15, 0.2) is 53.4 Å². The third kappa shape index (κ3) is 3.19. The largest absolute Gasteiger partial charge is 0.492 e. The number of hydrogen-bond donors (Lipinski definition) is 0. The lowest BCUT2D eigenvalue weighted by Gasteiger charge is -2.22. The third-order valence-corrected chi connectivity index (χ3v) is 4.97. The van der Waals surface area contributed by atoms with E-state index in [1.807, 2.05) is 19.9 Å². The fourth-order valence-electron chi connectivity index (χ4n) is 1.99. The van der Waals surface area contributed by atoms with Crippen LogP contribution in [-0.4, -0.2) is 22.1 Å². The number of sulfonamides is 1. The van der Waals surface area contributed by atoms with Crippen LogP contribution in [0.2, 0.25) is 0 Å². The van der Waals surface area contributed by atoms with E-state index in [-0.39, 0.29) is 4.90 Å². The van der Waals surface area contributed by atoms with E-state index in [1.165, 1.54) is 11.4 Å². The molecule has 0 bridgehead atoms. The van der Waals surface area contributed by atoms with Crippen LogP contribution >= 0.6 is 0 Å². The van der Waals surface area contributed by atoms with Gasteiger partial charge in [-0.15, -0.1) is 0 Å². The summed E-state index contributed by atoms with van der Waals surface area (Å²) >= 11 is 0. The number of para-hydroxylation sites is 2. The van der Waals surface area contributed by atoms with Crippen molar-refractivity contribution in [3.05, 3.63) is 54.1 Å². The number of ether oxygens (including phenoxy) is 1. The van der Waals surface area contributed by atoms with E-state index in [1.54, 1.807) is 42.5 Å². The molecule has 0 amide bonds. The molecule has 2 aromatic rings. The van der Waals surface area contributed by atoms with Crippen LogP contribution in [0.5, 0.6) is 5.75 Å². The molecule has 21 heavy (non-hydrogen) atoms. The van der Waals surface area contributed by atoms with Crippen molar-refractivity contribution in [2.24, 2.45) is 0 Å². The maximum Gasteiger partial charge on any atom is 0.264 e. The molecule has 0 spiro atoms. The summed E-state index contributed by atoms with van der Waals surface area (Å²) in [4.78, 5) is 0.266. The first kappa shape index (κ1) is 15.4. The zero-order valence-corrected chi connectivity index (χ0v) is 13.2. The molecule has 0 fully saturated rings. The highest BCUT2D eigenvalue weighted by Crippen LogP contribution is 2.31. The zero-order chi connectivity index (χ0) is 15.5. The van der Waals surface area contributed by atoms with Crippen LogP contribution in [-0.2, 0) is 10.0 Å². The molecule has 0 saturated carbocycles. The molecule has 0 aliphatic heterocycles. The summed E-state index contributed by atoms with van der Waals surface area (Å²) in [5, 5.41) is 0. The van der Waals surface area contributed by atoms with Gasteiger partial charge in [0.25, 0.3) is 10.0 Å². The van der Waals surface area contributed by atoms with Crippen molar-refractivity contribution in [3.63, 3.8) is 0 Å². The SMILES string of the molecule is CCOc1ccccc1N(C)S(=O)(=O)c1ccc(C)cc1. The first-order valence-electron chi connectivity index (χ1n) is 6.74. The molecule has 0 aromatic heterocycles. The molecule has 0 saturated heterocycles. The minimum atomic E-state index is -3.60. The van der Waals surface area contributed by atoms with Gasteiger partial charge in [0.2, 0.25) is 0 Å². The topological polar surface area (TPSA) is 46.6 Å². The predicted octanol–water partition coefficient (Wildman–Crippen LogP) is 3.22. The molecule has 0 atom stereocenters. The highest BCUT2D eigenvalue weighted by atomic mass is 32.2. The summed E-state index contributed by atoms with van der Waals surface area (Å²) in [7, 11) is -2.06. The van der Waals surface area contributed by atoms with Crippen molar-refractivity contribution in [2.75, 3.05) is 18.0 Å². The van der Waals surface area contributed by atoms with Gasteiger partial charge >= 0.3 is 0 Å². The van der Waals surface area contributed by atoms with Gasteiger partial charge < -0.3 is 4.74 Å². The van der Waals surface area contributed by atoms with E-state index >= 15 is 0 Å². The standard InChI is InChI=1S/C16H19NO3S/c1-4-20-16-8-6-5-7-15(16)17(3)21(18,19)14-11-9-13(2)10-12-14/h5-12H,4H2,1-3H3. The molecule has 0 unspecified atom stereocenters. The Hall–Kier alpha value is -2.01. The summed E-state index contributed by atoms with van der Waals surface area (Å²) in [5.41, 5.74) is 1.55. The Balaban J connectivity index is 2.43. The fraction of sp³-hybridized carbons (Fsp3) is 0.250. The molecule has 5 heteroatoms. The molecular weight excluding hydrogens is 286 g/mol. The number of nitrogens with zero attached hydrogens (tertiary/aromatic N) is 1. The Labute approximate surface area is 126 Å². The van der Waals surface area contributed by atoms with Crippen LogP contribution in [0.1, 0.15) is 12.5 Å². The lowest BCUT2D eigenvalue weighted by Crippen LogP contribution is -2.27. The molecule has 112 valence electrons. The van der Waals surface area contributed by atoms with E-state index in [2.05, 4.69) is 0 Å². The third-order valence-electron chi connectivity index (χ3n) is 3.18. The zero-order valence-electron chi connectivity index (χ0n) is 12.4. The van der Waals surface area contributed by atoms with Gasteiger partial charge in [0.05, 0.1) is 17.2 Å². The van der Waals surface area contributed by atoms with Crippen molar-refractivity contribution in [3.8, 4) is 5.75 Å². The van der Waals surface area contributed by atoms with Crippen molar-refractivity contribution < 1.29 is 13.2 Å². The molecule has 0 radical (unpaired) electrons. The van der Waals surface area contributed by atoms with Crippen LogP contribution in [0.3, 0.4) is 0 Å². The van der Waals surface area contributed by atoms with Crippen LogP contribution in [0, 0.1) is 6.92 Å². The number of aryl methyl sites for hydroxylation is 1. The molecule has 2 rings (SSSR count). The summed E-state index contributed by atoms with van der Waals surface area (Å²) in [6.07, 6.45) is 0. The number of benzene rings is 2. The second-order valence-electron chi connectivity index (χ2n) is 4.69. The van der Waals surface area contributed by atoms with Gasteiger partial charge in [0.1, 0.15) is 5.75 Å². The summed E-state index contributed by atoms with van der Waals surface area (Å²) in [5.74, 6) is 0.554. The minimum absolute atomic E-state index is 0.266. The maximum atomic E-state index is 12.7. The normalized spacial score (nSPS) is 11.2. The van der Waals surface area contributed by atoms with Gasteiger partial charge in [-0.2, -0.15) is 0 Å². The van der Waals surface area contributed by atoms with Gasteiger partial charge in [-0.25, -0.2) is 8.42 Å². The average molecular weight is 305 g/mol. The van der Waals surface area contributed by atoms with Crippen molar-refractivity contribution in [2.45, 2.75) is 18.7 Å². The highest BCUT2D eigenvalue weighted by Gasteiger charge is 2.23. The Morgan fingerprint density at radius 2 is 1.67 bits per heavy atom. The van der Waals surface area contributed by atoms with E-state index in [9.17, 15) is 8.42 Å². The molecule has 0 aliphatic carbocycles. The molecule has 2 aromatic carbocycles. The second kappa shape index (κ2) is 6.18. The first-order chi connectivity index (χ1) is 9.96. The maximum absolute atomic E-state index is 12.7. The Kier molecular flexibility index (Phi) is 4.53. The smallest absolute Gasteiger partial charge is 0.264 e. The average Bonchev–Trinajstić information content (AvgIpc) is 2.48. The van der Waals surface area contributed by atoms with Gasteiger partial charge in [0.15, 0.2) is 0 Å². The quantitative estimate of drug-likeness (QED) is 0.852. The Morgan fingerprint density at radius 3 is 2.29 bits per heavy atom. The fourth-order valence-corrected chi connectivity index (χ4v) is 3.20. The van der Waals surface area contributed by atoms with Crippen molar-refractivity contribution in [1.29, 1.82) is 0 Å². The van der Waals surface area contributed by atoms with Crippen LogP contribution in [0.4, 0.5) is 5.69 Å². The van der Waals surface area contributed by atoms with Gasteiger partial charge in [0, 0.05) is 7.05 Å². The van der Waals surface area contributed by atoms with E-state index in [0.717, 1.165) is 5.56 Å². The van der Waals surface area contributed by atoms with E-state index in [4.69, 9.17) is 4.74 Å². The summed E-state index contributed by atoms with van der Waals surface area (Å²) < 4.78 is 32.1. The first-order valence-corrected chi connectivity index (χ1v) is 8.18. The Morgan fingerprint density at radius 1 is 1.05 bits per heavy atom. The number of rotatable bonds is 5. The summed E-state index contributed by atoms with van der Waals surface area (Å²) in [6, 6.07) is 13.9. The van der Waals surface area contributed by atoms with Gasteiger partial charge in [-0.3, -0.25) is 4.31 Å². The monoisotopic (exact) mass is 305 g/mol. The molecular formula is C16H19NO3S. The summed E-state index contributed by atoms with van der Waals surface area (Å²) in [6.45, 7) is 4.27. The number of hydrogen-bond acceptors (Lipinski definition) is 3. The van der Waals surface area contributed by atoms with Crippen LogP contribution in [0.25, 0.3) is 0 Å². The lowest BCUT2D eigenvalue weighted by molar-refractivity contribution is 0.341. The van der Waals surface area contributed by atoms with Crippen LogP contribution < -0.4 is 9.04 Å². The molecule has 0 heterocycles. The van der Waals surface area contributed by atoms with Gasteiger partial charge in [-0.05, 0) is 38.1 Å². The second-order valence-corrected chi connectivity index (χ2v) is 6.66. The minimum Gasteiger partial charge on any atom is -0.492 e. The predicted molar refractivity (Wildman–Crippen MR) is 84.4 cm³/mol. The number of anilines is 1. The molecule has 4 nitrogen and oxygen atoms in total. The van der Waals surface area contributed by atoms with E-state index in [0.29, 0.717) is 18.0 Å². The van der Waals surface area contributed by atoms with Crippen molar-refractivity contribution >= 4 is 15.7 Å². The molecule has 0 N–H and O–H groups in total. The molecule has 0 aliphatic rings. The van der Waals surface area contributed by atoms with Gasteiger partial charge in [-0.1, -0.05) is 29.8 Å².